The molecule has 0 saturated heterocycles. The predicted molar refractivity (Wildman–Crippen MR) is 92.9 cm³/mol. The Kier molecular flexibility index (Phi) is 5.73. The molecule has 0 unspecified atom stereocenters. The largest absolute Gasteiger partial charge is 0.357 e. The zero-order chi connectivity index (χ0) is 16.8. The highest BCUT2D eigenvalue weighted by Gasteiger charge is 2.12. The Morgan fingerprint density at radius 2 is 2.04 bits per heavy atom. The van der Waals surface area contributed by atoms with Crippen LogP contribution < -0.4 is 10.2 Å². The van der Waals surface area contributed by atoms with Crippen molar-refractivity contribution in [1.29, 1.82) is 0 Å². The lowest BCUT2D eigenvalue weighted by molar-refractivity contribution is 0.102. The summed E-state index contributed by atoms with van der Waals surface area (Å²) >= 11 is 0. The number of carbonyl (C=O) groups is 1. The molecule has 0 aliphatic heterocycles. The number of aromatic amines is 1. The molecular weight excluding hydrogens is 290 g/mol. The van der Waals surface area contributed by atoms with Crippen molar-refractivity contribution in [1.82, 2.24) is 15.2 Å². The summed E-state index contributed by atoms with van der Waals surface area (Å²) < 4.78 is 0. The number of carbonyl (C=O) groups excluding carboxylic acids is 1. The van der Waals surface area contributed by atoms with Crippen molar-refractivity contribution in [2.45, 2.75) is 34.1 Å². The van der Waals surface area contributed by atoms with Crippen LogP contribution in [0.2, 0.25) is 0 Å². The first-order valence-electron chi connectivity index (χ1n) is 8.10. The predicted octanol–water partition coefficient (Wildman–Crippen LogP) is 3.10. The summed E-state index contributed by atoms with van der Waals surface area (Å²) in [7, 11) is 0. The molecule has 0 radical (unpaired) electrons. The van der Waals surface area contributed by atoms with Crippen molar-refractivity contribution >= 4 is 17.4 Å². The first-order chi connectivity index (χ1) is 11.0. The quantitative estimate of drug-likeness (QED) is 0.823. The molecule has 2 aromatic heterocycles. The summed E-state index contributed by atoms with van der Waals surface area (Å²) in [6.07, 6.45) is 2.55. The van der Waals surface area contributed by atoms with Crippen LogP contribution in [0.25, 0.3) is 0 Å². The minimum atomic E-state index is -0.228. The number of nitrogens with zero attached hydrogens (tertiary/aromatic N) is 3. The van der Waals surface area contributed by atoms with Gasteiger partial charge in [-0.2, -0.15) is 5.10 Å². The van der Waals surface area contributed by atoms with Gasteiger partial charge in [0.25, 0.3) is 5.91 Å². The highest BCUT2D eigenvalue weighted by atomic mass is 16.1. The molecule has 1 amide bonds. The fraction of sp³-hybridized carbons (Fsp3) is 0.471. The Morgan fingerprint density at radius 3 is 2.61 bits per heavy atom. The summed E-state index contributed by atoms with van der Waals surface area (Å²) in [5.74, 6) is 1.20. The number of hydrogen-bond donors (Lipinski definition) is 2. The van der Waals surface area contributed by atoms with E-state index in [1.165, 1.54) is 0 Å². The number of rotatable bonds is 7. The Morgan fingerprint density at radius 1 is 1.30 bits per heavy atom. The van der Waals surface area contributed by atoms with Gasteiger partial charge < -0.3 is 10.2 Å². The van der Waals surface area contributed by atoms with Gasteiger partial charge in [0.15, 0.2) is 5.69 Å². The Bertz CT molecular complexity index is 629. The second-order valence-corrected chi connectivity index (χ2v) is 5.91. The van der Waals surface area contributed by atoms with E-state index in [-0.39, 0.29) is 5.91 Å². The number of aromatic nitrogens is 3. The molecule has 2 rings (SSSR count). The number of amides is 1. The van der Waals surface area contributed by atoms with Crippen molar-refractivity contribution < 1.29 is 4.79 Å². The van der Waals surface area contributed by atoms with Gasteiger partial charge in [0.2, 0.25) is 0 Å². The zero-order valence-corrected chi connectivity index (χ0v) is 14.3. The topological polar surface area (TPSA) is 73.9 Å². The van der Waals surface area contributed by atoms with E-state index in [1.54, 1.807) is 12.3 Å². The fourth-order valence-corrected chi connectivity index (χ4v) is 2.41. The molecule has 6 nitrogen and oxygen atoms in total. The lowest BCUT2D eigenvalue weighted by Gasteiger charge is -2.19. The van der Waals surface area contributed by atoms with Crippen LogP contribution in [0.1, 0.15) is 43.9 Å². The first-order valence-corrected chi connectivity index (χ1v) is 8.10. The van der Waals surface area contributed by atoms with Gasteiger partial charge in [-0.25, -0.2) is 4.98 Å². The summed E-state index contributed by atoms with van der Waals surface area (Å²) in [5.41, 5.74) is 2.04. The third-order valence-corrected chi connectivity index (χ3v) is 3.58. The van der Waals surface area contributed by atoms with Gasteiger partial charge in [-0.1, -0.05) is 13.8 Å². The van der Waals surface area contributed by atoms with Crippen LogP contribution >= 0.6 is 0 Å². The van der Waals surface area contributed by atoms with E-state index in [1.807, 2.05) is 12.1 Å². The van der Waals surface area contributed by atoms with Crippen molar-refractivity contribution in [2.24, 2.45) is 5.92 Å². The molecule has 0 atom stereocenters. The van der Waals surface area contributed by atoms with Crippen molar-refractivity contribution in [3.63, 3.8) is 0 Å². The van der Waals surface area contributed by atoms with Crippen molar-refractivity contribution in [3.8, 4) is 0 Å². The minimum Gasteiger partial charge on any atom is -0.357 e. The Hall–Kier alpha value is -2.37. The number of H-pyrrole nitrogens is 1. The van der Waals surface area contributed by atoms with Gasteiger partial charge in [-0.05, 0) is 44.4 Å². The maximum absolute atomic E-state index is 12.2. The minimum absolute atomic E-state index is 0.228. The first kappa shape index (κ1) is 17.0. The van der Waals surface area contributed by atoms with E-state index < -0.39 is 0 Å². The van der Waals surface area contributed by atoms with Gasteiger partial charge in [0, 0.05) is 18.8 Å². The molecule has 0 aliphatic carbocycles. The van der Waals surface area contributed by atoms with Crippen LogP contribution in [-0.4, -0.2) is 34.2 Å². The van der Waals surface area contributed by atoms with E-state index in [4.69, 9.17) is 0 Å². The lowest BCUT2D eigenvalue weighted by atomic mass is 10.1. The number of anilines is 2. The van der Waals surface area contributed by atoms with E-state index in [0.717, 1.165) is 31.0 Å². The van der Waals surface area contributed by atoms with Crippen LogP contribution in [0.5, 0.6) is 0 Å². The number of nitrogens with one attached hydrogen (secondary N) is 2. The van der Waals surface area contributed by atoms with Gasteiger partial charge in [-0.3, -0.25) is 9.89 Å². The monoisotopic (exact) mass is 315 g/mol. The van der Waals surface area contributed by atoms with Crippen LogP contribution in [0.3, 0.4) is 0 Å². The maximum atomic E-state index is 12.2. The third kappa shape index (κ3) is 4.55. The van der Waals surface area contributed by atoms with Gasteiger partial charge in [-0.15, -0.1) is 0 Å². The van der Waals surface area contributed by atoms with E-state index in [0.29, 0.717) is 17.3 Å². The van der Waals surface area contributed by atoms with E-state index >= 15 is 0 Å². The molecule has 0 aliphatic rings. The molecule has 2 aromatic rings. The van der Waals surface area contributed by atoms with Crippen LogP contribution in [-0.2, 0) is 6.42 Å². The normalized spacial score (nSPS) is 10.8. The Balaban J connectivity index is 2.01. The molecule has 0 fully saturated rings. The summed E-state index contributed by atoms with van der Waals surface area (Å²) in [4.78, 5) is 18.8. The lowest BCUT2D eigenvalue weighted by Crippen LogP contribution is -2.22. The molecule has 2 N–H and O–H groups in total. The highest BCUT2D eigenvalue weighted by molar-refractivity contribution is 6.02. The molecule has 2 heterocycles. The third-order valence-electron chi connectivity index (χ3n) is 3.58. The van der Waals surface area contributed by atoms with Gasteiger partial charge in [0.05, 0.1) is 11.9 Å². The molecular formula is C17H25N5O. The van der Waals surface area contributed by atoms with Crippen molar-refractivity contribution in [3.05, 3.63) is 35.8 Å². The van der Waals surface area contributed by atoms with Crippen molar-refractivity contribution in [2.75, 3.05) is 23.3 Å². The molecule has 124 valence electrons. The smallest absolute Gasteiger partial charge is 0.276 e. The highest BCUT2D eigenvalue weighted by Crippen LogP contribution is 2.15. The fourth-order valence-electron chi connectivity index (χ4n) is 2.41. The molecule has 0 spiro atoms. The van der Waals surface area contributed by atoms with Crippen LogP contribution in [0.4, 0.5) is 11.5 Å². The molecule has 6 heteroatoms. The summed E-state index contributed by atoms with van der Waals surface area (Å²) in [6.45, 7) is 10.2. The molecule has 0 bridgehead atoms. The van der Waals surface area contributed by atoms with Gasteiger partial charge >= 0.3 is 0 Å². The Labute approximate surface area is 137 Å². The number of hydrogen-bond acceptors (Lipinski definition) is 4. The molecule has 0 aromatic carbocycles. The van der Waals surface area contributed by atoms with E-state index in [9.17, 15) is 4.79 Å². The standard InChI is InChI=1S/C17H25N5O/c1-5-22(6-2)16-8-7-13(11-18-16)19-17(23)15-10-14(20-21-15)9-12(3)4/h7-8,10-12H,5-6,9H2,1-4H3,(H,19,23)(H,20,21). The summed E-state index contributed by atoms with van der Waals surface area (Å²) in [5, 5.41) is 9.81. The average molecular weight is 315 g/mol. The second-order valence-electron chi connectivity index (χ2n) is 5.91. The summed E-state index contributed by atoms with van der Waals surface area (Å²) in [6, 6.07) is 5.57. The SMILES string of the molecule is CCN(CC)c1ccc(NC(=O)c2cc(CC(C)C)[nH]n2)cn1. The zero-order valence-electron chi connectivity index (χ0n) is 14.3. The molecule has 0 saturated carbocycles. The van der Waals surface area contributed by atoms with Gasteiger partial charge in [0.1, 0.15) is 5.82 Å². The maximum Gasteiger partial charge on any atom is 0.276 e. The van der Waals surface area contributed by atoms with E-state index in [2.05, 4.69) is 53.1 Å². The number of pyridine rings is 1. The van der Waals surface area contributed by atoms with Crippen LogP contribution in [0.15, 0.2) is 24.4 Å². The molecule has 23 heavy (non-hydrogen) atoms. The second kappa shape index (κ2) is 7.76. The average Bonchev–Trinajstić information content (AvgIpc) is 2.98. The van der Waals surface area contributed by atoms with Crippen LogP contribution in [0, 0.1) is 5.92 Å².